The molecule has 1 unspecified atom stereocenters. The fraction of sp³-hybridized carbons (Fsp3) is 0.914. The maximum Gasteiger partial charge on any atom is 0.410 e. The Bertz CT molecular complexity index is 3610. The van der Waals surface area contributed by atoms with E-state index in [4.69, 9.17) is 38.9 Å². The summed E-state index contributed by atoms with van der Waals surface area (Å²) in [6, 6.07) is 8.73. The van der Waals surface area contributed by atoms with E-state index >= 15 is 0 Å². The van der Waals surface area contributed by atoms with Crippen LogP contribution in [0.4, 0.5) is 4.79 Å². The van der Waals surface area contributed by atoms with E-state index in [1.165, 1.54) is 6.42 Å². The maximum absolute atomic E-state index is 12.3. The Labute approximate surface area is 807 Å². The van der Waals surface area contributed by atoms with E-state index in [1.807, 2.05) is 52.2 Å². The first-order valence-corrected chi connectivity index (χ1v) is 51.7. The van der Waals surface area contributed by atoms with Crippen LogP contribution in [0.25, 0.3) is 0 Å². The standard InChI is InChI=1S/C17H29N3O.C17H32N2O3.C16H30N2O2.C15H28N2O2.C14H26N2O2.C14H24N2O2.C12H22N2O/c1-17(2,3)11-16(21)19-9-6-15(7-10-19)20-8-4-5-14(12-18)13-20;1-16(2,3)12-15(20)19-8-6-14(7-9-19)18(5)13-17(4)21-10-11-22-17;1-13-12-20-10-9-18(13)14-5-7-17(8-6-14)15(19)11-16(2,3)4;1-15(2,3)12-14(18)17-8-6-16(7-9-17)13-4-10-19-11-5-13;1-14(2,3)10-13(17)16-7-5-15(6-8-16)12-4-9-18-11-12;1-12(2,3)14(7-8-15)9-16(10-14)11(17)18-13(4,5)6;1-12(2,3)6-11(15)14-7-9-4-5-13-10(9)8-14/h14-15H,4-11,13H2,1-3H3;14H,6-13H2,1-5H3;13-14H,5-12H2,1-4H3;13H,4-12H2,1-3H3;12H,4-11H2,1-3H3;7,9-10H2,1-6H3;9-10,13H,4-8H2,1-3H3/t14-;;13-;;;;9-,10+/m1.1...0/s1. The van der Waals surface area contributed by atoms with Crippen LogP contribution in [0.15, 0.2) is 0 Å². The summed E-state index contributed by atoms with van der Waals surface area (Å²) < 4.78 is 33.1. The Hall–Kier alpha value is -5.37. The average molecular weight is 1870 g/mol. The smallest absolute Gasteiger partial charge is 0.410 e. The molecule has 13 rings (SSSR count). The molecule has 28 nitrogen and oxygen atoms in total. The van der Waals surface area contributed by atoms with Gasteiger partial charge in [0, 0.05) is 243 Å². The number of nitriles is 2. The number of hydrogen-bond donors (Lipinski definition) is 1. The van der Waals surface area contributed by atoms with Crippen LogP contribution >= 0.6 is 0 Å². The van der Waals surface area contributed by atoms with Gasteiger partial charge in [0.2, 0.25) is 35.4 Å². The van der Waals surface area contributed by atoms with E-state index in [0.717, 1.165) is 248 Å². The van der Waals surface area contributed by atoms with E-state index in [2.05, 4.69) is 206 Å². The first-order valence-electron chi connectivity index (χ1n) is 51.7. The van der Waals surface area contributed by atoms with Crippen molar-refractivity contribution >= 4 is 41.5 Å². The highest BCUT2D eigenvalue weighted by Gasteiger charge is 2.54. The second kappa shape index (κ2) is 51.2. The zero-order valence-electron chi connectivity index (χ0n) is 89.1. The van der Waals surface area contributed by atoms with Crippen LogP contribution in [-0.4, -0.2) is 364 Å². The lowest BCUT2D eigenvalue weighted by atomic mass is 9.60. The normalized spacial score (nSPS) is 24.9. The number of rotatable bonds is 14. The molecule has 0 aromatic heterocycles. The third-order valence-corrected chi connectivity index (χ3v) is 28.5. The topological polar surface area (TPSA) is 273 Å². The lowest BCUT2D eigenvalue weighted by Gasteiger charge is -2.56. The van der Waals surface area contributed by atoms with Gasteiger partial charge in [0.05, 0.1) is 57.6 Å². The van der Waals surface area contributed by atoms with Crippen LogP contribution in [0.1, 0.15) is 302 Å². The number of likely N-dealkylation sites (N-methyl/N-ethyl adjacent to an activating group) is 1. The molecule has 7 amide bonds. The van der Waals surface area contributed by atoms with Crippen LogP contribution in [0.5, 0.6) is 0 Å². The molecule has 28 heteroatoms. The molecule has 1 N–H and O–H groups in total. The SMILES string of the molecule is CC(C)(C)CC(=O)N1CCC(N2CCC[C@H](C#N)C2)CC1.CC(C)(C)CC(=O)N1CCN(C2CCOC2)CC1.CC(C)(C)CC(=O)N1CCN(C2CCOCC2)CC1.CC(C)(C)CC(=O)N1C[C@@H]2CCN[C@@H]2C1.CC(C)(C)OC(=O)N1CC(CC#N)(C(C)(C)C)C1.CN(CC1(C)OCCO1)C1CCN(C(=O)CC(C)(C)C)CC1.C[C@@H]1COCCN1C1CCN(C(=O)CC(C)(C)C)CC1. The molecule has 0 spiro atoms. The molecule has 764 valence electrons. The van der Waals surface area contributed by atoms with E-state index in [0.29, 0.717) is 155 Å². The predicted octanol–water partition coefficient (Wildman–Crippen LogP) is 14.4. The van der Waals surface area contributed by atoms with Crippen LogP contribution in [0, 0.1) is 77.8 Å². The summed E-state index contributed by atoms with van der Waals surface area (Å²) in [4.78, 5) is 111. The van der Waals surface area contributed by atoms with Gasteiger partial charge in [0.25, 0.3) is 0 Å². The molecular formula is C105H191N15O13. The van der Waals surface area contributed by atoms with Crippen molar-refractivity contribution in [2.24, 2.45) is 55.2 Å². The lowest BCUT2D eigenvalue weighted by molar-refractivity contribution is -0.159. The van der Waals surface area contributed by atoms with Gasteiger partial charge in [-0.25, -0.2) is 4.79 Å². The van der Waals surface area contributed by atoms with Gasteiger partial charge in [0.1, 0.15) is 5.60 Å². The zero-order valence-corrected chi connectivity index (χ0v) is 89.1. The Morgan fingerprint density at radius 2 is 0.812 bits per heavy atom. The van der Waals surface area contributed by atoms with Gasteiger partial charge in [-0.05, 0) is 176 Å². The summed E-state index contributed by atoms with van der Waals surface area (Å²) in [5.74, 6) is 2.34. The van der Waals surface area contributed by atoms with E-state index < -0.39 is 11.4 Å². The van der Waals surface area contributed by atoms with Gasteiger partial charge in [-0.3, -0.25) is 53.3 Å². The van der Waals surface area contributed by atoms with Crippen molar-refractivity contribution in [1.82, 2.24) is 64.1 Å². The minimum absolute atomic E-state index is 0.0151. The Morgan fingerprint density at radius 1 is 0.414 bits per heavy atom. The van der Waals surface area contributed by atoms with Crippen LogP contribution < -0.4 is 5.32 Å². The third-order valence-electron chi connectivity index (χ3n) is 28.5. The molecule has 0 aromatic carbocycles. The van der Waals surface area contributed by atoms with Crippen molar-refractivity contribution in [3.8, 4) is 12.1 Å². The zero-order chi connectivity index (χ0) is 98.9. The summed E-state index contributed by atoms with van der Waals surface area (Å²) in [5.41, 5.74) is -0.0270. The van der Waals surface area contributed by atoms with Crippen molar-refractivity contribution in [2.45, 2.75) is 356 Å². The quantitative estimate of drug-likeness (QED) is 0.169. The molecule has 0 aliphatic carbocycles. The van der Waals surface area contributed by atoms with Crippen LogP contribution in [0.3, 0.4) is 0 Å². The van der Waals surface area contributed by atoms with Crippen molar-refractivity contribution in [1.29, 1.82) is 10.5 Å². The monoisotopic (exact) mass is 1870 g/mol. The van der Waals surface area contributed by atoms with Crippen molar-refractivity contribution in [2.75, 3.05) is 210 Å². The van der Waals surface area contributed by atoms with Gasteiger partial charge < -0.3 is 68.0 Å². The number of nitrogens with one attached hydrogen (secondary N) is 1. The first kappa shape index (κ1) is 115. The largest absolute Gasteiger partial charge is 0.444 e. The summed E-state index contributed by atoms with van der Waals surface area (Å²) in [5, 5.41) is 21.5. The van der Waals surface area contributed by atoms with Gasteiger partial charge in [-0.15, -0.1) is 0 Å². The minimum atomic E-state index is -0.466. The van der Waals surface area contributed by atoms with E-state index in [-0.39, 0.29) is 55.3 Å². The Kier molecular flexibility index (Phi) is 44.1. The number of fused-ring (bicyclic) bond motifs is 1. The molecule has 133 heavy (non-hydrogen) atoms. The number of hydrogen-bond acceptors (Lipinski definition) is 21. The number of amides is 7. The van der Waals surface area contributed by atoms with Gasteiger partial charge >= 0.3 is 6.09 Å². The molecular weight excluding hydrogens is 1680 g/mol. The second-order valence-corrected chi connectivity index (χ2v) is 50.4. The van der Waals surface area contributed by atoms with Crippen LogP contribution in [-0.2, 0) is 57.2 Å². The number of nitrogens with zero attached hydrogens (tertiary/aromatic N) is 14. The molecule has 13 aliphatic rings. The lowest BCUT2D eigenvalue weighted by Crippen LogP contribution is -2.64. The molecule has 13 fully saturated rings. The molecule has 0 radical (unpaired) electrons. The molecule has 13 heterocycles. The molecule has 13 aliphatic heterocycles. The minimum Gasteiger partial charge on any atom is -0.444 e. The number of ether oxygens (including phenoxy) is 6. The number of carbonyl (C=O) groups excluding carboxylic acids is 7. The Balaban J connectivity index is 0.000000212. The number of piperidine rings is 4. The highest BCUT2D eigenvalue weighted by atomic mass is 16.7. The highest BCUT2D eigenvalue weighted by molar-refractivity contribution is 5.79. The number of morpholine rings is 1. The van der Waals surface area contributed by atoms with Gasteiger partial charge in [-0.2, -0.15) is 10.5 Å². The Morgan fingerprint density at radius 3 is 1.21 bits per heavy atom. The van der Waals surface area contributed by atoms with Crippen molar-refractivity contribution in [3.05, 3.63) is 0 Å². The molecule has 13 saturated heterocycles. The summed E-state index contributed by atoms with van der Waals surface area (Å²) in [7, 11) is 2.13. The summed E-state index contributed by atoms with van der Waals surface area (Å²) in [6.07, 6.45) is 17.4. The first-order chi connectivity index (χ1) is 61.8. The van der Waals surface area contributed by atoms with Gasteiger partial charge in [0.15, 0.2) is 5.79 Å². The average Bonchev–Trinajstić information content (AvgIpc) is 1.31. The third kappa shape index (κ3) is 40.4. The number of carbonyl (C=O) groups is 7. The van der Waals surface area contributed by atoms with Crippen molar-refractivity contribution < 1.29 is 62.0 Å². The number of likely N-dealkylation sites (tertiary alicyclic amines) is 6. The predicted molar refractivity (Wildman–Crippen MR) is 529 cm³/mol. The van der Waals surface area contributed by atoms with E-state index in [1.54, 1.807) is 4.90 Å². The number of piperazine rings is 2. The summed E-state index contributed by atoms with van der Waals surface area (Å²) >= 11 is 0. The van der Waals surface area contributed by atoms with Crippen LogP contribution in [0.2, 0.25) is 0 Å². The summed E-state index contributed by atoms with van der Waals surface area (Å²) in [6.45, 7) is 82.2. The molecule has 5 atom stereocenters. The van der Waals surface area contributed by atoms with E-state index in [9.17, 15) is 33.6 Å². The van der Waals surface area contributed by atoms with Gasteiger partial charge in [-0.1, -0.05) is 145 Å². The molecule has 0 bridgehead atoms. The highest BCUT2D eigenvalue weighted by Crippen LogP contribution is 2.49. The maximum atomic E-state index is 12.3. The van der Waals surface area contributed by atoms with Crippen molar-refractivity contribution in [3.63, 3.8) is 0 Å². The fourth-order valence-electron chi connectivity index (χ4n) is 20.6. The fourth-order valence-corrected chi connectivity index (χ4v) is 20.6. The molecule has 0 saturated carbocycles. The molecule has 0 aromatic rings. The second-order valence-electron chi connectivity index (χ2n) is 50.4.